The SMILES string of the molecule is CN1CCC(O)C1.CN1CCCC1O. The van der Waals surface area contributed by atoms with Crippen molar-refractivity contribution in [2.75, 3.05) is 33.7 Å². The summed E-state index contributed by atoms with van der Waals surface area (Å²) in [7, 11) is 3.97. The predicted octanol–water partition coefficient (Wildman–Crippen LogP) is -0.287. The molecule has 0 radical (unpaired) electrons. The summed E-state index contributed by atoms with van der Waals surface area (Å²) in [6.07, 6.45) is 2.86. The third kappa shape index (κ3) is 3.92. The Hall–Kier alpha value is -0.160. The molecule has 2 aliphatic heterocycles. The molecule has 14 heavy (non-hydrogen) atoms. The van der Waals surface area contributed by atoms with Crippen LogP contribution >= 0.6 is 0 Å². The van der Waals surface area contributed by atoms with Gasteiger partial charge in [-0.2, -0.15) is 0 Å². The summed E-state index contributed by atoms with van der Waals surface area (Å²) in [5.41, 5.74) is 0. The van der Waals surface area contributed by atoms with Crippen LogP contribution in [0, 0.1) is 0 Å². The van der Waals surface area contributed by atoms with Crippen LogP contribution in [0.5, 0.6) is 0 Å². The molecule has 2 fully saturated rings. The Morgan fingerprint density at radius 3 is 1.93 bits per heavy atom. The lowest BCUT2D eigenvalue weighted by Gasteiger charge is -2.10. The minimum atomic E-state index is -0.153. The first-order valence-electron chi connectivity index (χ1n) is 5.34. The van der Waals surface area contributed by atoms with Gasteiger partial charge in [0.2, 0.25) is 0 Å². The van der Waals surface area contributed by atoms with Gasteiger partial charge in [0.1, 0.15) is 6.23 Å². The van der Waals surface area contributed by atoms with Crippen LogP contribution in [-0.2, 0) is 0 Å². The van der Waals surface area contributed by atoms with Crippen LogP contribution in [0.25, 0.3) is 0 Å². The van der Waals surface area contributed by atoms with Gasteiger partial charge in [-0.15, -0.1) is 0 Å². The quantitative estimate of drug-likeness (QED) is 0.567. The van der Waals surface area contributed by atoms with Gasteiger partial charge in [0.05, 0.1) is 6.10 Å². The first-order chi connectivity index (χ1) is 6.59. The lowest BCUT2D eigenvalue weighted by molar-refractivity contribution is 0.0574. The molecule has 0 aromatic heterocycles. The number of hydrogen-bond acceptors (Lipinski definition) is 4. The molecule has 0 spiro atoms. The summed E-state index contributed by atoms with van der Waals surface area (Å²) in [5, 5.41) is 17.8. The van der Waals surface area contributed by atoms with E-state index in [0.29, 0.717) is 0 Å². The van der Waals surface area contributed by atoms with E-state index in [-0.39, 0.29) is 12.3 Å². The maximum absolute atomic E-state index is 8.92. The minimum absolute atomic E-state index is 0.0509. The van der Waals surface area contributed by atoms with Gasteiger partial charge in [0, 0.05) is 19.6 Å². The summed E-state index contributed by atoms with van der Waals surface area (Å²) in [4.78, 5) is 4.09. The molecule has 2 aliphatic rings. The average molecular weight is 202 g/mol. The number of nitrogens with zero attached hydrogens (tertiary/aromatic N) is 2. The maximum Gasteiger partial charge on any atom is 0.107 e. The van der Waals surface area contributed by atoms with Gasteiger partial charge in [-0.05, 0) is 33.4 Å². The molecule has 0 amide bonds. The molecule has 0 aliphatic carbocycles. The Labute approximate surface area is 86.1 Å². The smallest absolute Gasteiger partial charge is 0.107 e. The number of rotatable bonds is 0. The van der Waals surface area contributed by atoms with Crippen LogP contribution in [0.15, 0.2) is 0 Å². The normalized spacial score (nSPS) is 34.3. The van der Waals surface area contributed by atoms with E-state index in [1.54, 1.807) is 0 Å². The van der Waals surface area contributed by atoms with E-state index in [2.05, 4.69) is 4.90 Å². The van der Waals surface area contributed by atoms with E-state index in [1.165, 1.54) is 0 Å². The molecule has 0 bridgehead atoms. The Balaban J connectivity index is 0.000000140. The van der Waals surface area contributed by atoms with Crippen molar-refractivity contribution < 1.29 is 10.2 Å². The number of likely N-dealkylation sites (tertiary alicyclic amines) is 2. The van der Waals surface area contributed by atoms with Crippen molar-refractivity contribution in [2.45, 2.75) is 31.6 Å². The van der Waals surface area contributed by atoms with Crippen LogP contribution in [0.2, 0.25) is 0 Å². The molecule has 0 saturated carbocycles. The molecule has 0 aromatic carbocycles. The van der Waals surface area contributed by atoms with E-state index in [9.17, 15) is 0 Å². The number of aliphatic hydroxyl groups excluding tert-OH is 2. The number of aliphatic hydroxyl groups is 2. The minimum Gasteiger partial charge on any atom is -0.392 e. The van der Waals surface area contributed by atoms with Gasteiger partial charge in [0.25, 0.3) is 0 Å². The van der Waals surface area contributed by atoms with Crippen LogP contribution in [0.3, 0.4) is 0 Å². The van der Waals surface area contributed by atoms with Crippen molar-refractivity contribution in [3.63, 3.8) is 0 Å². The third-order valence-corrected chi connectivity index (χ3v) is 2.85. The Morgan fingerprint density at radius 2 is 1.79 bits per heavy atom. The number of hydrogen-bond donors (Lipinski definition) is 2. The topological polar surface area (TPSA) is 46.9 Å². The molecule has 2 heterocycles. The molecular weight excluding hydrogens is 180 g/mol. The zero-order chi connectivity index (χ0) is 10.6. The fourth-order valence-corrected chi connectivity index (χ4v) is 1.80. The van der Waals surface area contributed by atoms with Crippen molar-refractivity contribution in [3.8, 4) is 0 Å². The second-order valence-electron chi connectivity index (χ2n) is 4.31. The van der Waals surface area contributed by atoms with Crippen LogP contribution in [-0.4, -0.2) is 66.1 Å². The van der Waals surface area contributed by atoms with Gasteiger partial charge >= 0.3 is 0 Å². The lowest BCUT2D eigenvalue weighted by Crippen LogP contribution is -2.23. The summed E-state index contributed by atoms with van der Waals surface area (Å²) in [6.45, 7) is 2.97. The summed E-state index contributed by atoms with van der Waals surface area (Å²) in [6, 6.07) is 0. The number of β-amino-alcohol motifs (C(OH)–C–C–N with tert-alkyl or cyclic N) is 1. The highest BCUT2D eigenvalue weighted by molar-refractivity contribution is 4.70. The fourth-order valence-electron chi connectivity index (χ4n) is 1.80. The largest absolute Gasteiger partial charge is 0.392 e. The second-order valence-corrected chi connectivity index (χ2v) is 4.31. The molecule has 2 saturated heterocycles. The lowest BCUT2D eigenvalue weighted by atomic mass is 10.3. The van der Waals surface area contributed by atoms with E-state index >= 15 is 0 Å². The second kappa shape index (κ2) is 5.66. The fraction of sp³-hybridized carbons (Fsp3) is 1.00. The van der Waals surface area contributed by atoms with Gasteiger partial charge in [-0.1, -0.05) is 0 Å². The summed E-state index contributed by atoms with van der Waals surface area (Å²) < 4.78 is 0. The van der Waals surface area contributed by atoms with Gasteiger partial charge < -0.3 is 15.1 Å². The van der Waals surface area contributed by atoms with E-state index in [1.807, 2.05) is 19.0 Å². The molecule has 2 N–H and O–H groups in total. The van der Waals surface area contributed by atoms with Crippen molar-refractivity contribution >= 4 is 0 Å². The Morgan fingerprint density at radius 1 is 1.07 bits per heavy atom. The monoisotopic (exact) mass is 202 g/mol. The average Bonchev–Trinajstić information content (AvgIpc) is 2.65. The maximum atomic E-state index is 8.92. The molecule has 2 unspecified atom stereocenters. The highest BCUT2D eigenvalue weighted by Crippen LogP contribution is 2.10. The molecule has 4 nitrogen and oxygen atoms in total. The van der Waals surface area contributed by atoms with Crippen molar-refractivity contribution in [1.29, 1.82) is 0 Å². The van der Waals surface area contributed by atoms with Crippen LogP contribution in [0.1, 0.15) is 19.3 Å². The predicted molar refractivity (Wildman–Crippen MR) is 56.0 cm³/mol. The van der Waals surface area contributed by atoms with Crippen LogP contribution < -0.4 is 0 Å². The first-order valence-corrected chi connectivity index (χ1v) is 5.34. The molecular formula is C10H22N2O2. The third-order valence-electron chi connectivity index (χ3n) is 2.85. The van der Waals surface area contributed by atoms with Crippen molar-refractivity contribution in [2.24, 2.45) is 0 Å². The van der Waals surface area contributed by atoms with E-state index in [0.717, 1.165) is 38.9 Å². The highest BCUT2D eigenvalue weighted by atomic mass is 16.3. The Bertz CT molecular complexity index is 150. The summed E-state index contributed by atoms with van der Waals surface area (Å²) in [5.74, 6) is 0. The molecule has 4 heteroatoms. The summed E-state index contributed by atoms with van der Waals surface area (Å²) >= 11 is 0. The van der Waals surface area contributed by atoms with E-state index in [4.69, 9.17) is 10.2 Å². The molecule has 2 atom stereocenters. The van der Waals surface area contributed by atoms with Gasteiger partial charge in [-0.3, -0.25) is 4.90 Å². The standard InChI is InChI=1S/2C5H11NO/c1-6-3-2-5(7)4-6;1-6-4-2-3-5(6)7/h2*5,7H,2-4H2,1H3. The van der Waals surface area contributed by atoms with Crippen molar-refractivity contribution in [1.82, 2.24) is 9.80 Å². The van der Waals surface area contributed by atoms with Gasteiger partial charge in [-0.25, -0.2) is 0 Å². The number of likely N-dealkylation sites (N-methyl/N-ethyl adjacent to an activating group) is 1. The van der Waals surface area contributed by atoms with E-state index < -0.39 is 0 Å². The molecule has 2 rings (SSSR count). The zero-order valence-corrected chi connectivity index (χ0v) is 9.19. The zero-order valence-electron chi connectivity index (χ0n) is 9.19. The Kier molecular flexibility index (Phi) is 4.81. The van der Waals surface area contributed by atoms with Crippen LogP contribution in [0.4, 0.5) is 0 Å². The highest BCUT2D eigenvalue weighted by Gasteiger charge is 2.16. The van der Waals surface area contributed by atoms with Gasteiger partial charge in [0.15, 0.2) is 0 Å². The first kappa shape index (κ1) is 11.9. The molecule has 84 valence electrons. The van der Waals surface area contributed by atoms with Crippen molar-refractivity contribution in [3.05, 3.63) is 0 Å². The molecule has 0 aromatic rings.